The van der Waals surface area contributed by atoms with E-state index in [4.69, 9.17) is 10.8 Å². The lowest BCUT2D eigenvalue weighted by atomic mass is 9.95. The van der Waals surface area contributed by atoms with Gasteiger partial charge in [0.1, 0.15) is 30.2 Å². The van der Waals surface area contributed by atoms with Crippen molar-refractivity contribution in [2.45, 2.75) is 117 Å². The molecule has 0 spiro atoms. The summed E-state index contributed by atoms with van der Waals surface area (Å²) in [6, 6.07) is 0.123. The van der Waals surface area contributed by atoms with Gasteiger partial charge in [-0.25, -0.2) is 4.79 Å². The molecule has 0 saturated heterocycles. The van der Waals surface area contributed by atoms with Crippen LogP contribution in [0.1, 0.15) is 79.7 Å². The van der Waals surface area contributed by atoms with Gasteiger partial charge in [0.25, 0.3) is 0 Å². The van der Waals surface area contributed by atoms with Crippen molar-refractivity contribution < 1.29 is 43.8 Å². The zero-order valence-corrected chi connectivity index (χ0v) is 30.9. The third-order valence-corrected chi connectivity index (χ3v) is 9.17. The summed E-state index contributed by atoms with van der Waals surface area (Å²) in [7, 11) is 0. The fourth-order valence-corrected chi connectivity index (χ4v) is 5.48. The predicted octanol–water partition coefficient (Wildman–Crippen LogP) is 1.18. The first-order chi connectivity index (χ1) is 24.4. The molecule has 1 aromatic heterocycles. The van der Waals surface area contributed by atoms with Gasteiger partial charge in [-0.2, -0.15) is 0 Å². The Morgan fingerprint density at radius 2 is 1.29 bits per heavy atom. The van der Waals surface area contributed by atoms with Crippen LogP contribution in [0, 0.1) is 17.8 Å². The highest BCUT2D eigenvalue weighted by Gasteiger charge is 2.34. The van der Waals surface area contributed by atoms with Gasteiger partial charge in [0.05, 0.1) is 12.5 Å². The first-order valence-electron chi connectivity index (χ1n) is 17.7. The summed E-state index contributed by atoms with van der Waals surface area (Å²) in [5, 5.41) is 32.1. The smallest absolute Gasteiger partial charge is 0.326 e. The van der Waals surface area contributed by atoms with E-state index in [-0.39, 0.29) is 30.6 Å². The van der Waals surface area contributed by atoms with Crippen LogP contribution in [0.5, 0.6) is 0 Å². The number of hydrogen-bond donors (Lipinski definition) is 9. The third kappa shape index (κ3) is 12.7. The molecule has 0 saturated carbocycles. The number of carboxylic acids is 2. The second kappa shape index (κ2) is 20.2. The summed E-state index contributed by atoms with van der Waals surface area (Å²) in [5.74, 6) is -7.09. The second-order valence-corrected chi connectivity index (χ2v) is 13.8. The Balaban J connectivity index is 2.34. The first-order valence-corrected chi connectivity index (χ1v) is 17.7. The van der Waals surface area contributed by atoms with Crippen molar-refractivity contribution in [3.63, 3.8) is 0 Å². The topological polar surface area (TPSA) is 262 Å². The minimum Gasteiger partial charge on any atom is -0.481 e. The van der Waals surface area contributed by atoms with Gasteiger partial charge < -0.3 is 47.5 Å². The van der Waals surface area contributed by atoms with Crippen LogP contribution in [0.15, 0.2) is 30.5 Å². The number of benzene rings is 1. The number of fused-ring (bicyclic) bond motifs is 1. The molecule has 5 amide bonds. The number of rotatable bonds is 21. The molecule has 16 heteroatoms. The van der Waals surface area contributed by atoms with Gasteiger partial charge in [0, 0.05) is 23.5 Å². The van der Waals surface area contributed by atoms with Crippen molar-refractivity contribution in [1.29, 1.82) is 0 Å². The van der Waals surface area contributed by atoms with Gasteiger partial charge in [-0.15, -0.1) is 0 Å². The van der Waals surface area contributed by atoms with Gasteiger partial charge in [0.2, 0.25) is 29.5 Å². The number of carbonyl (C=O) groups is 7. The average Bonchev–Trinajstić information content (AvgIpc) is 3.50. The summed E-state index contributed by atoms with van der Waals surface area (Å²) in [6.45, 7) is 12.3. The Hall–Kier alpha value is -4.99. The quantitative estimate of drug-likeness (QED) is 0.0886. The van der Waals surface area contributed by atoms with Crippen LogP contribution in [0.4, 0.5) is 0 Å². The van der Waals surface area contributed by atoms with E-state index in [0.717, 1.165) is 10.9 Å². The molecular formula is C36H55N7O9. The molecule has 0 fully saturated rings. The van der Waals surface area contributed by atoms with Crippen molar-refractivity contribution in [3.05, 3.63) is 36.0 Å². The number of aromatic nitrogens is 1. The molecule has 0 aliphatic carbocycles. The van der Waals surface area contributed by atoms with Gasteiger partial charge in [-0.05, 0) is 42.7 Å². The van der Waals surface area contributed by atoms with Gasteiger partial charge in [-0.1, -0.05) is 72.6 Å². The van der Waals surface area contributed by atoms with Crippen LogP contribution in [0.2, 0.25) is 0 Å². The Labute approximate surface area is 303 Å². The summed E-state index contributed by atoms with van der Waals surface area (Å²) in [5.41, 5.74) is 7.66. The molecule has 10 N–H and O–H groups in total. The molecule has 2 rings (SSSR count). The number of carbonyl (C=O) groups excluding carboxylic acids is 5. The average molecular weight is 730 g/mol. The number of H-pyrrole nitrogens is 1. The Morgan fingerprint density at radius 1 is 0.712 bits per heavy atom. The number of aromatic amines is 1. The summed E-state index contributed by atoms with van der Waals surface area (Å²) in [6.07, 6.45) is 2.14. The number of nitrogens with one attached hydrogen (secondary N) is 6. The van der Waals surface area contributed by atoms with Crippen molar-refractivity contribution in [2.24, 2.45) is 23.5 Å². The fourth-order valence-electron chi connectivity index (χ4n) is 5.48. The number of carboxylic acid groups (broad SMARTS) is 2. The molecule has 16 nitrogen and oxygen atoms in total. The second-order valence-electron chi connectivity index (χ2n) is 13.8. The van der Waals surface area contributed by atoms with Gasteiger partial charge >= 0.3 is 11.9 Å². The van der Waals surface area contributed by atoms with E-state index < -0.39 is 84.1 Å². The van der Waals surface area contributed by atoms with Crippen molar-refractivity contribution in [2.75, 3.05) is 0 Å². The van der Waals surface area contributed by atoms with E-state index >= 15 is 0 Å². The van der Waals surface area contributed by atoms with Crippen LogP contribution < -0.4 is 32.3 Å². The molecule has 0 aliphatic rings. The van der Waals surface area contributed by atoms with Crippen LogP contribution >= 0.6 is 0 Å². The largest absolute Gasteiger partial charge is 0.481 e. The molecule has 0 radical (unpaired) electrons. The van der Waals surface area contributed by atoms with Gasteiger partial charge in [0.15, 0.2) is 0 Å². The van der Waals surface area contributed by atoms with Crippen LogP contribution in [0.3, 0.4) is 0 Å². The summed E-state index contributed by atoms with van der Waals surface area (Å²) >= 11 is 0. The molecule has 288 valence electrons. The van der Waals surface area contributed by atoms with E-state index in [1.165, 1.54) is 6.92 Å². The highest BCUT2D eigenvalue weighted by Crippen LogP contribution is 2.20. The van der Waals surface area contributed by atoms with E-state index in [1.54, 1.807) is 27.0 Å². The molecule has 8 atom stereocenters. The maximum Gasteiger partial charge on any atom is 0.326 e. The Morgan fingerprint density at radius 3 is 1.87 bits per heavy atom. The normalized spacial score (nSPS) is 15.9. The molecule has 0 bridgehead atoms. The number of nitrogens with two attached hydrogens (primary N) is 1. The van der Waals surface area contributed by atoms with Crippen LogP contribution in [-0.2, 0) is 40.0 Å². The van der Waals surface area contributed by atoms with E-state index in [0.29, 0.717) is 18.4 Å². The molecule has 2 aromatic rings. The minimum absolute atomic E-state index is 0.0159. The molecular weight excluding hydrogens is 674 g/mol. The van der Waals surface area contributed by atoms with E-state index in [1.807, 2.05) is 45.0 Å². The monoisotopic (exact) mass is 729 g/mol. The fraction of sp³-hybridized carbons (Fsp3) is 0.583. The molecule has 52 heavy (non-hydrogen) atoms. The lowest BCUT2D eigenvalue weighted by molar-refractivity contribution is -0.147. The maximum atomic E-state index is 13.9. The minimum atomic E-state index is -1.72. The molecule has 7 unspecified atom stereocenters. The first kappa shape index (κ1) is 43.2. The Kier molecular flexibility index (Phi) is 16.7. The van der Waals surface area contributed by atoms with Crippen LogP contribution in [-0.4, -0.2) is 92.9 Å². The maximum absolute atomic E-state index is 13.9. The lowest BCUT2D eigenvalue weighted by Gasteiger charge is -2.29. The standard InChI is InChI=1S/C36H55N7O9/c1-8-19(5)29(37)34(49)43-30(20(6)9-2)35(50)41-26(15-22-17-38-24-13-11-10-12-23(22)24)32(47)39-21(7)31(46)40-25(14-18(3)4)33(48)42-27(36(51)52)16-28(44)45/h10-13,17-21,25-27,29-30,38H,8-9,14-16,37H2,1-7H3,(H,39,47)(H,40,46)(H,41,50)(H,42,48)(H,43,49)(H,44,45)(H,51,52)/t19?,20?,21-,25?,26?,27?,29?,30?/m1/s1. The van der Waals surface area contributed by atoms with E-state index in [2.05, 4.69) is 31.6 Å². The highest BCUT2D eigenvalue weighted by atomic mass is 16.4. The lowest BCUT2D eigenvalue weighted by Crippen LogP contribution is -2.60. The zero-order valence-electron chi connectivity index (χ0n) is 30.9. The van der Waals surface area contributed by atoms with Gasteiger partial charge in [-0.3, -0.25) is 28.8 Å². The molecule has 0 aliphatic heterocycles. The van der Waals surface area contributed by atoms with E-state index in [9.17, 15) is 38.7 Å². The van der Waals surface area contributed by atoms with Crippen LogP contribution in [0.25, 0.3) is 10.9 Å². The summed E-state index contributed by atoms with van der Waals surface area (Å²) < 4.78 is 0. The Bertz CT molecular complexity index is 1580. The number of amides is 5. The molecule has 1 heterocycles. The third-order valence-electron chi connectivity index (χ3n) is 9.17. The van der Waals surface area contributed by atoms with Crippen molar-refractivity contribution in [1.82, 2.24) is 31.6 Å². The molecule has 1 aromatic carbocycles. The zero-order chi connectivity index (χ0) is 39.3. The summed E-state index contributed by atoms with van der Waals surface area (Å²) in [4.78, 5) is 92.9. The highest BCUT2D eigenvalue weighted by molar-refractivity contribution is 5.97. The van der Waals surface area contributed by atoms with Crippen molar-refractivity contribution >= 4 is 52.4 Å². The predicted molar refractivity (Wildman–Crippen MR) is 194 cm³/mol. The SMILES string of the molecule is CCC(C)C(N)C(=O)NC(C(=O)NC(Cc1c[nH]c2ccccc12)C(=O)N[C@H](C)C(=O)NC(CC(C)C)C(=O)NC(CC(=O)O)C(=O)O)C(C)CC. The number of aliphatic carboxylic acids is 2. The number of hydrogen-bond acceptors (Lipinski definition) is 8. The number of para-hydroxylation sites is 1. The van der Waals surface area contributed by atoms with Crippen molar-refractivity contribution in [3.8, 4) is 0 Å².